The quantitative estimate of drug-likeness (QED) is 0.732. The second-order valence-corrected chi connectivity index (χ2v) is 6.28. The summed E-state index contributed by atoms with van der Waals surface area (Å²) in [5, 5.41) is 2.16. The molecule has 3 heteroatoms. The maximum absolute atomic E-state index is 6.41. The molecule has 1 rings (SSSR count). The molecule has 19 heavy (non-hydrogen) atoms. The Morgan fingerprint density at radius 2 is 1.84 bits per heavy atom. The van der Waals surface area contributed by atoms with Crippen molar-refractivity contribution in [1.29, 1.82) is 0 Å². The molecule has 1 aromatic rings. The summed E-state index contributed by atoms with van der Waals surface area (Å²) >= 11 is 1.84. The van der Waals surface area contributed by atoms with E-state index in [0.717, 1.165) is 18.9 Å². The lowest BCUT2D eigenvalue weighted by atomic mass is 9.98. The van der Waals surface area contributed by atoms with Crippen LogP contribution in [0.25, 0.3) is 0 Å². The van der Waals surface area contributed by atoms with Gasteiger partial charge in [0.2, 0.25) is 0 Å². The number of likely N-dealkylation sites (N-methyl/N-ethyl adjacent to an activating group) is 1. The first-order valence-electron chi connectivity index (χ1n) is 7.70. The summed E-state index contributed by atoms with van der Waals surface area (Å²) in [4.78, 5) is 4.00. The molecule has 2 unspecified atom stereocenters. The summed E-state index contributed by atoms with van der Waals surface area (Å²) in [5.74, 6) is 0.784. The van der Waals surface area contributed by atoms with E-state index in [1.165, 1.54) is 24.3 Å². The second kappa shape index (κ2) is 8.72. The molecule has 0 saturated heterocycles. The molecule has 2 atom stereocenters. The van der Waals surface area contributed by atoms with Crippen molar-refractivity contribution in [2.24, 2.45) is 11.7 Å². The maximum atomic E-state index is 6.41. The number of thiophene rings is 1. The van der Waals surface area contributed by atoms with Gasteiger partial charge in [-0.2, -0.15) is 0 Å². The van der Waals surface area contributed by atoms with Crippen LogP contribution in [-0.4, -0.2) is 24.0 Å². The average molecular weight is 282 g/mol. The zero-order valence-electron chi connectivity index (χ0n) is 12.9. The molecule has 0 bridgehead atoms. The van der Waals surface area contributed by atoms with E-state index in [1.54, 1.807) is 0 Å². The van der Waals surface area contributed by atoms with Crippen molar-refractivity contribution in [2.75, 3.05) is 13.1 Å². The SMILES string of the molecule is CCC(CC)CN(CC)C(c1cccs1)C(N)CC. The first-order valence-corrected chi connectivity index (χ1v) is 8.58. The molecule has 1 aromatic heterocycles. The minimum atomic E-state index is 0.230. The van der Waals surface area contributed by atoms with E-state index in [9.17, 15) is 0 Å². The van der Waals surface area contributed by atoms with Gasteiger partial charge in [-0.25, -0.2) is 0 Å². The lowest BCUT2D eigenvalue weighted by molar-refractivity contribution is 0.150. The number of nitrogens with zero attached hydrogens (tertiary/aromatic N) is 1. The van der Waals surface area contributed by atoms with Gasteiger partial charge in [-0.3, -0.25) is 4.90 Å². The molecule has 0 radical (unpaired) electrons. The highest BCUT2D eigenvalue weighted by molar-refractivity contribution is 7.10. The fraction of sp³-hybridized carbons (Fsp3) is 0.750. The summed E-state index contributed by atoms with van der Waals surface area (Å²) in [5.41, 5.74) is 6.41. The lowest BCUT2D eigenvalue weighted by Crippen LogP contribution is -2.42. The Bertz CT molecular complexity index is 319. The van der Waals surface area contributed by atoms with Crippen LogP contribution >= 0.6 is 11.3 Å². The van der Waals surface area contributed by atoms with Crippen LogP contribution in [0.3, 0.4) is 0 Å². The normalized spacial score (nSPS) is 15.1. The molecule has 1 heterocycles. The summed E-state index contributed by atoms with van der Waals surface area (Å²) in [6.45, 7) is 11.3. The van der Waals surface area contributed by atoms with Gasteiger partial charge < -0.3 is 5.73 Å². The predicted molar refractivity (Wildman–Crippen MR) is 86.6 cm³/mol. The van der Waals surface area contributed by atoms with Gasteiger partial charge in [0.05, 0.1) is 6.04 Å². The van der Waals surface area contributed by atoms with Crippen LogP contribution in [-0.2, 0) is 0 Å². The van der Waals surface area contributed by atoms with Crippen LogP contribution in [0.15, 0.2) is 17.5 Å². The van der Waals surface area contributed by atoms with Gasteiger partial charge in [-0.1, -0.05) is 46.6 Å². The highest BCUT2D eigenvalue weighted by atomic mass is 32.1. The molecule has 0 spiro atoms. The van der Waals surface area contributed by atoms with E-state index < -0.39 is 0 Å². The monoisotopic (exact) mass is 282 g/mol. The third kappa shape index (κ3) is 4.59. The molecule has 0 fully saturated rings. The first kappa shape index (κ1) is 16.7. The smallest absolute Gasteiger partial charge is 0.0593 e. The largest absolute Gasteiger partial charge is 0.326 e. The minimum absolute atomic E-state index is 0.230. The molecule has 0 aliphatic rings. The number of rotatable bonds is 9. The number of hydrogen-bond donors (Lipinski definition) is 1. The number of hydrogen-bond acceptors (Lipinski definition) is 3. The molecular formula is C16H30N2S. The molecule has 0 saturated carbocycles. The van der Waals surface area contributed by atoms with Crippen molar-refractivity contribution >= 4 is 11.3 Å². The van der Waals surface area contributed by atoms with Crippen molar-refractivity contribution in [3.63, 3.8) is 0 Å². The van der Waals surface area contributed by atoms with Gasteiger partial charge in [-0.05, 0) is 30.3 Å². The fourth-order valence-corrected chi connectivity index (χ4v) is 3.60. The highest BCUT2D eigenvalue weighted by Crippen LogP contribution is 2.30. The molecule has 110 valence electrons. The maximum Gasteiger partial charge on any atom is 0.0593 e. The Morgan fingerprint density at radius 1 is 1.16 bits per heavy atom. The van der Waals surface area contributed by atoms with Crippen molar-refractivity contribution in [1.82, 2.24) is 4.90 Å². The third-order valence-corrected chi connectivity index (χ3v) is 5.10. The van der Waals surface area contributed by atoms with Crippen molar-refractivity contribution in [2.45, 2.75) is 59.0 Å². The van der Waals surface area contributed by atoms with E-state index in [4.69, 9.17) is 5.73 Å². The van der Waals surface area contributed by atoms with Crippen molar-refractivity contribution in [3.8, 4) is 0 Å². The van der Waals surface area contributed by atoms with Gasteiger partial charge in [0.25, 0.3) is 0 Å². The van der Waals surface area contributed by atoms with Crippen LogP contribution < -0.4 is 5.73 Å². The van der Waals surface area contributed by atoms with Crippen LogP contribution in [0.4, 0.5) is 0 Å². The lowest BCUT2D eigenvalue weighted by Gasteiger charge is -2.36. The van der Waals surface area contributed by atoms with E-state index >= 15 is 0 Å². The zero-order valence-corrected chi connectivity index (χ0v) is 13.7. The summed E-state index contributed by atoms with van der Waals surface area (Å²) in [7, 11) is 0. The Morgan fingerprint density at radius 3 is 2.26 bits per heavy atom. The van der Waals surface area contributed by atoms with Gasteiger partial charge in [0.15, 0.2) is 0 Å². The summed E-state index contributed by atoms with van der Waals surface area (Å²) in [6.07, 6.45) is 3.54. The van der Waals surface area contributed by atoms with E-state index in [0.29, 0.717) is 6.04 Å². The molecule has 0 aliphatic carbocycles. The van der Waals surface area contributed by atoms with Crippen LogP contribution in [0.2, 0.25) is 0 Å². The standard InChI is InChI=1S/C16H30N2S/c1-5-13(6-2)12-18(8-4)16(14(17)7-3)15-10-9-11-19-15/h9-11,13-14,16H,5-8,12,17H2,1-4H3. The fourth-order valence-electron chi connectivity index (χ4n) is 2.66. The Kier molecular flexibility index (Phi) is 7.66. The molecule has 0 aromatic carbocycles. The second-order valence-electron chi connectivity index (χ2n) is 5.30. The van der Waals surface area contributed by atoms with Crippen molar-refractivity contribution < 1.29 is 0 Å². The minimum Gasteiger partial charge on any atom is -0.326 e. The Labute approximate surface area is 123 Å². The summed E-state index contributed by atoms with van der Waals surface area (Å²) in [6, 6.07) is 4.99. The molecular weight excluding hydrogens is 252 g/mol. The predicted octanol–water partition coefficient (Wildman–Crippen LogP) is 4.28. The first-order chi connectivity index (χ1) is 9.17. The van der Waals surface area contributed by atoms with Crippen molar-refractivity contribution in [3.05, 3.63) is 22.4 Å². The molecule has 0 aliphatic heterocycles. The van der Waals surface area contributed by atoms with Gasteiger partial charge in [0, 0.05) is 17.5 Å². The van der Waals surface area contributed by atoms with Gasteiger partial charge in [-0.15, -0.1) is 11.3 Å². The molecule has 0 amide bonds. The van der Waals surface area contributed by atoms with Gasteiger partial charge in [0.1, 0.15) is 0 Å². The molecule has 2 N–H and O–H groups in total. The zero-order chi connectivity index (χ0) is 14.3. The summed E-state index contributed by atoms with van der Waals surface area (Å²) < 4.78 is 0. The van der Waals surface area contributed by atoms with E-state index in [-0.39, 0.29) is 6.04 Å². The topological polar surface area (TPSA) is 29.3 Å². The number of nitrogens with two attached hydrogens (primary N) is 1. The average Bonchev–Trinajstić information content (AvgIpc) is 2.96. The van der Waals surface area contributed by atoms with Crippen LogP contribution in [0.5, 0.6) is 0 Å². The van der Waals surface area contributed by atoms with Gasteiger partial charge >= 0.3 is 0 Å². The van der Waals surface area contributed by atoms with E-state index in [2.05, 4.69) is 50.1 Å². The van der Waals surface area contributed by atoms with Crippen LogP contribution in [0, 0.1) is 5.92 Å². The highest BCUT2D eigenvalue weighted by Gasteiger charge is 2.26. The Hall–Kier alpha value is -0.380. The molecule has 2 nitrogen and oxygen atoms in total. The van der Waals surface area contributed by atoms with Crippen LogP contribution in [0.1, 0.15) is 57.9 Å². The Balaban J connectivity index is 2.87. The third-order valence-electron chi connectivity index (χ3n) is 4.16. The van der Waals surface area contributed by atoms with E-state index in [1.807, 2.05) is 11.3 Å².